The average Bonchev–Trinajstić information content (AvgIpc) is 3.09. The molecule has 0 saturated heterocycles. The van der Waals surface area contributed by atoms with Crippen LogP contribution in [0.4, 0.5) is 0 Å². The van der Waals surface area contributed by atoms with Crippen LogP contribution in [0.3, 0.4) is 0 Å². The fourth-order valence-corrected chi connectivity index (χ4v) is 4.15. The minimum absolute atomic E-state index is 0.204. The van der Waals surface area contributed by atoms with Crippen LogP contribution in [-0.4, -0.2) is 16.1 Å². The highest BCUT2D eigenvalue weighted by molar-refractivity contribution is 7.99. The molecule has 0 unspecified atom stereocenters. The van der Waals surface area contributed by atoms with Crippen molar-refractivity contribution in [2.24, 2.45) is 0 Å². The average molecular weight is 373 g/mol. The number of hydrogen-bond donors (Lipinski definition) is 2. The van der Waals surface area contributed by atoms with E-state index in [1.54, 1.807) is 17.8 Å². The van der Waals surface area contributed by atoms with Gasteiger partial charge in [-0.1, -0.05) is 48.2 Å². The summed E-state index contributed by atoms with van der Waals surface area (Å²) < 4.78 is 0. The van der Waals surface area contributed by atoms with Crippen molar-refractivity contribution in [2.45, 2.75) is 23.6 Å². The highest BCUT2D eigenvalue weighted by Gasteiger charge is 2.14. The van der Waals surface area contributed by atoms with Crippen molar-refractivity contribution in [1.29, 1.82) is 0 Å². The van der Waals surface area contributed by atoms with E-state index in [4.69, 9.17) is 0 Å². The van der Waals surface area contributed by atoms with Gasteiger partial charge in [0.05, 0.1) is 0 Å². The van der Waals surface area contributed by atoms with Crippen LogP contribution in [0, 0.1) is 13.8 Å². The second-order valence-electron chi connectivity index (χ2n) is 6.63. The number of carboxylic acids is 1. The van der Waals surface area contributed by atoms with Crippen molar-refractivity contribution in [3.05, 3.63) is 83.6 Å². The van der Waals surface area contributed by atoms with Crippen LogP contribution in [0.5, 0.6) is 0 Å². The first-order valence-corrected chi connectivity index (χ1v) is 9.53. The zero-order valence-corrected chi connectivity index (χ0v) is 15.9. The maximum atomic E-state index is 11.4. The second-order valence-corrected chi connectivity index (χ2v) is 7.78. The third-order valence-corrected chi connectivity index (χ3v) is 5.70. The number of carbonyl (C=O) groups is 1. The van der Waals surface area contributed by atoms with Crippen molar-refractivity contribution in [2.75, 3.05) is 0 Å². The largest absolute Gasteiger partial charge is 0.477 e. The van der Waals surface area contributed by atoms with Crippen LogP contribution in [0.15, 0.2) is 76.5 Å². The number of benzene rings is 3. The predicted molar refractivity (Wildman–Crippen MR) is 111 cm³/mol. The van der Waals surface area contributed by atoms with Crippen molar-refractivity contribution >= 4 is 28.6 Å². The van der Waals surface area contributed by atoms with Crippen molar-refractivity contribution in [1.82, 2.24) is 4.98 Å². The molecule has 0 fully saturated rings. The van der Waals surface area contributed by atoms with E-state index in [-0.39, 0.29) is 5.69 Å². The number of nitrogens with one attached hydrogen (secondary N) is 1. The lowest BCUT2D eigenvalue weighted by molar-refractivity contribution is 0.0691. The molecule has 134 valence electrons. The first kappa shape index (κ1) is 17.4. The minimum Gasteiger partial charge on any atom is -0.477 e. The Kier molecular flexibility index (Phi) is 4.50. The predicted octanol–water partition coefficient (Wildman–Crippen LogP) is 6.30. The monoisotopic (exact) mass is 373 g/mol. The third kappa shape index (κ3) is 3.49. The number of aromatic carboxylic acids is 1. The van der Waals surface area contributed by atoms with Crippen LogP contribution < -0.4 is 0 Å². The molecule has 4 rings (SSSR count). The van der Waals surface area contributed by atoms with Crippen LogP contribution >= 0.6 is 11.8 Å². The van der Waals surface area contributed by atoms with Gasteiger partial charge in [-0.05, 0) is 66.4 Å². The summed E-state index contributed by atoms with van der Waals surface area (Å²) in [5, 5.41) is 10.3. The van der Waals surface area contributed by atoms with Gasteiger partial charge in [-0.15, -0.1) is 0 Å². The Balaban J connectivity index is 1.86. The summed E-state index contributed by atoms with van der Waals surface area (Å²) in [5.41, 5.74) is 5.67. The zero-order chi connectivity index (χ0) is 19.0. The van der Waals surface area contributed by atoms with Gasteiger partial charge in [-0.2, -0.15) is 0 Å². The lowest BCUT2D eigenvalue weighted by Gasteiger charge is -2.09. The van der Waals surface area contributed by atoms with Gasteiger partial charge in [0.25, 0.3) is 0 Å². The summed E-state index contributed by atoms with van der Waals surface area (Å²) >= 11 is 1.68. The molecule has 3 aromatic carbocycles. The Bertz CT molecular complexity index is 1150. The number of aromatic nitrogens is 1. The molecule has 2 N–H and O–H groups in total. The molecule has 0 spiro atoms. The van der Waals surface area contributed by atoms with Gasteiger partial charge in [0.2, 0.25) is 0 Å². The molecule has 0 saturated carbocycles. The van der Waals surface area contributed by atoms with E-state index in [9.17, 15) is 9.90 Å². The Morgan fingerprint density at radius 3 is 2.37 bits per heavy atom. The van der Waals surface area contributed by atoms with Crippen molar-refractivity contribution in [3.63, 3.8) is 0 Å². The molecule has 0 aliphatic carbocycles. The first-order valence-electron chi connectivity index (χ1n) is 8.72. The number of hydrogen-bond acceptors (Lipinski definition) is 2. The van der Waals surface area contributed by atoms with Gasteiger partial charge in [-0.3, -0.25) is 0 Å². The summed E-state index contributed by atoms with van der Waals surface area (Å²) in [6, 6.07) is 22.4. The fourth-order valence-electron chi connectivity index (χ4n) is 3.16. The van der Waals surface area contributed by atoms with Crippen LogP contribution in [0.25, 0.3) is 22.0 Å². The molecule has 1 heterocycles. The van der Waals surface area contributed by atoms with Gasteiger partial charge in [0.1, 0.15) is 5.69 Å². The first-order chi connectivity index (χ1) is 13.0. The lowest BCUT2D eigenvalue weighted by Crippen LogP contribution is -1.94. The van der Waals surface area contributed by atoms with Gasteiger partial charge < -0.3 is 10.1 Å². The Morgan fingerprint density at radius 2 is 1.67 bits per heavy atom. The molecular formula is C23H19NO2S. The molecule has 4 heteroatoms. The highest BCUT2D eigenvalue weighted by Crippen LogP contribution is 2.37. The minimum atomic E-state index is -0.950. The molecule has 3 nitrogen and oxygen atoms in total. The topological polar surface area (TPSA) is 53.1 Å². The Hall–Kier alpha value is -2.98. The molecule has 4 aromatic rings. The van der Waals surface area contributed by atoms with Gasteiger partial charge in [0, 0.05) is 20.7 Å². The van der Waals surface area contributed by atoms with E-state index in [2.05, 4.69) is 43.1 Å². The molecule has 0 aliphatic rings. The van der Waals surface area contributed by atoms with Gasteiger partial charge in [0.15, 0.2) is 0 Å². The maximum absolute atomic E-state index is 11.4. The number of carboxylic acid groups (broad SMARTS) is 1. The standard InChI is InChI=1S/C23H19NO2S/c1-14-8-9-17(10-15(14)2)27-18-11-19(16-6-4-3-5-7-16)20-13-22(23(25)26)24-21(20)12-18/h3-13,24H,1-2H3,(H,25,26). The fraction of sp³-hybridized carbons (Fsp3) is 0.0870. The quantitative estimate of drug-likeness (QED) is 0.441. The Morgan fingerprint density at radius 1 is 0.889 bits per heavy atom. The maximum Gasteiger partial charge on any atom is 0.352 e. The highest BCUT2D eigenvalue weighted by atomic mass is 32.2. The van der Waals surface area contributed by atoms with E-state index in [0.29, 0.717) is 0 Å². The van der Waals surface area contributed by atoms with E-state index in [1.807, 2.05) is 36.4 Å². The molecule has 1 aromatic heterocycles. The Labute approximate surface area is 162 Å². The van der Waals surface area contributed by atoms with Crippen molar-refractivity contribution < 1.29 is 9.90 Å². The smallest absolute Gasteiger partial charge is 0.352 e. The summed E-state index contributed by atoms with van der Waals surface area (Å²) in [6.45, 7) is 4.22. The van der Waals surface area contributed by atoms with Crippen LogP contribution in [0.1, 0.15) is 21.6 Å². The van der Waals surface area contributed by atoms with E-state index in [0.717, 1.165) is 26.9 Å². The van der Waals surface area contributed by atoms with Crippen LogP contribution in [0.2, 0.25) is 0 Å². The molecular weight excluding hydrogens is 354 g/mol. The third-order valence-electron chi connectivity index (χ3n) is 4.74. The molecule has 0 atom stereocenters. The van der Waals surface area contributed by atoms with E-state index >= 15 is 0 Å². The number of fused-ring (bicyclic) bond motifs is 1. The van der Waals surface area contributed by atoms with E-state index < -0.39 is 5.97 Å². The molecule has 0 bridgehead atoms. The second kappa shape index (κ2) is 6.97. The summed E-state index contributed by atoms with van der Waals surface area (Å²) in [7, 11) is 0. The molecule has 0 radical (unpaired) electrons. The zero-order valence-electron chi connectivity index (χ0n) is 15.1. The number of aromatic amines is 1. The SMILES string of the molecule is Cc1ccc(Sc2cc(-c3ccccc3)c3cc(C(=O)O)[nH]c3c2)cc1C. The summed E-state index contributed by atoms with van der Waals surface area (Å²) in [5.74, 6) is -0.950. The normalized spacial score (nSPS) is 11.0. The molecule has 0 amide bonds. The molecule has 0 aliphatic heterocycles. The number of aryl methyl sites for hydroxylation is 2. The van der Waals surface area contributed by atoms with Crippen LogP contribution in [-0.2, 0) is 0 Å². The lowest BCUT2D eigenvalue weighted by atomic mass is 10.0. The van der Waals surface area contributed by atoms with Gasteiger partial charge >= 0.3 is 5.97 Å². The summed E-state index contributed by atoms with van der Waals surface area (Å²) in [6.07, 6.45) is 0. The van der Waals surface area contributed by atoms with E-state index in [1.165, 1.54) is 16.0 Å². The number of H-pyrrole nitrogens is 1. The number of rotatable bonds is 4. The van der Waals surface area contributed by atoms with Crippen molar-refractivity contribution in [3.8, 4) is 11.1 Å². The van der Waals surface area contributed by atoms with Gasteiger partial charge in [-0.25, -0.2) is 4.79 Å². The molecule has 27 heavy (non-hydrogen) atoms. The summed E-state index contributed by atoms with van der Waals surface area (Å²) in [4.78, 5) is 16.7.